The first kappa shape index (κ1) is 17.9. The third-order valence-corrected chi connectivity index (χ3v) is 4.95. The van der Waals surface area contributed by atoms with Crippen LogP contribution >= 0.6 is 0 Å². The summed E-state index contributed by atoms with van der Waals surface area (Å²) in [6.07, 6.45) is 2.92. The molecule has 2 aromatic carbocycles. The number of amides is 1. The summed E-state index contributed by atoms with van der Waals surface area (Å²) in [7, 11) is 0. The average molecular weight is 377 g/mol. The van der Waals surface area contributed by atoms with Gasteiger partial charge in [-0.2, -0.15) is 5.10 Å². The van der Waals surface area contributed by atoms with Gasteiger partial charge in [0.25, 0.3) is 0 Å². The van der Waals surface area contributed by atoms with Gasteiger partial charge in [-0.3, -0.25) is 4.79 Å². The van der Waals surface area contributed by atoms with Crippen molar-refractivity contribution in [2.45, 2.75) is 26.4 Å². The van der Waals surface area contributed by atoms with E-state index in [0.29, 0.717) is 12.1 Å². The maximum atomic E-state index is 14.2. The van der Waals surface area contributed by atoms with E-state index in [9.17, 15) is 9.18 Å². The first-order chi connectivity index (χ1) is 13.5. The minimum atomic E-state index is -0.437. The number of H-pyrrole nitrogens is 1. The van der Waals surface area contributed by atoms with Gasteiger partial charge in [-0.25, -0.2) is 14.1 Å². The number of hydrogen-bond acceptors (Lipinski definition) is 3. The van der Waals surface area contributed by atoms with Crippen LogP contribution in [0.1, 0.15) is 24.1 Å². The highest BCUT2D eigenvalue weighted by Crippen LogP contribution is 2.31. The topological polar surface area (TPSA) is 75.6 Å². The Morgan fingerprint density at radius 3 is 2.86 bits per heavy atom. The fraction of sp³-hybridized carbons (Fsp3) is 0.190. The summed E-state index contributed by atoms with van der Waals surface area (Å²) in [6.45, 7) is 4.13. The zero-order valence-electron chi connectivity index (χ0n) is 15.6. The van der Waals surface area contributed by atoms with E-state index in [4.69, 9.17) is 0 Å². The molecule has 0 saturated heterocycles. The lowest BCUT2D eigenvalue weighted by Crippen LogP contribution is -2.30. The Morgan fingerprint density at radius 2 is 2.11 bits per heavy atom. The van der Waals surface area contributed by atoms with E-state index in [1.54, 1.807) is 19.1 Å². The summed E-state index contributed by atoms with van der Waals surface area (Å²) >= 11 is 0. The number of nitrogens with one attached hydrogen (secondary N) is 2. The van der Waals surface area contributed by atoms with Gasteiger partial charge in [-0.05, 0) is 49.2 Å². The lowest BCUT2D eigenvalue weighted by molar-refractivity contribution is -0.124. The van der Waals surface area contributed by atoms with Gasteiger partial charge in [-0.15, -0.1) is 0 Å². The van der Waals surface area contributed by atoms with Crippen LogP contribution < -0.4 is 5.32 Å². The van der Waals surface area contributed by atoms with Gasteiger partial charge >= 0.3 is 0 Å². The van der Waals surface area contributed by atoms with Crippen molar-refractivity contribution >= 4 is 16.8 Å². The highest BCUT2D eigenvalue weighted by molar-refractivity contribution is 5.91. The summed E-state index contributed by atoms with van der Waals surface area (Å²) in [6, 6.07) is 12.2. The van der Waals surface area contributed by atoms with Crippen molar-refractivity contribution in [1.82, 2.24) is 25.1 Å². The maximum Gasteiger partial charge on any atom is 0.244 e. The SMILES string of the molecule is Cc1c(-c2ccccc2F)[nH]c2ccc(CNC(=O)[C@@H](C)n3cncn3)cc12. The fourth-order valence-electron chi connectivity index (χ4n) is 3.29. The molecule has 1 amide bonds. The average Bonchev–Trinajstić information content (AvgIpc) is 3.35. The standard InChI is InChI=1S/C21H20FN5O/c1-13-17-9-15(10-24-21(28)14(2)27-12-23-11-25-27)7-8-19(17)26-20(13)16-5-3-4-6-18(16)22/h3-9,11-12,14,26H,10H2,1-2H3,(H,24,28)/t14-/m1/s1. The number of aryl methyl sites for hydroxylation is 1. The van der Waals surface area contributed by atoms with Crippen LogP contribution in [0.4, 0.5) is 4.39 Å². The minimum Gasteiger partial charge on any atom is -0.354 e. The van der Waals surface area contributed by atoms with Crippen molar-refractivity contribution in [2.24, 2.45) is 0 Å². The quantitative estimate of drug-likeness (QED) is 0.556. The monoisotopic (exact) mass is 377 g/mol. The van der Waals surface area contributed by atoms with Crippen molar-refractivity contribution < 1.29 is 9.18 Å². The van der Waals surface area contributed by atoms with Crippen LogP contribution in [-0.2, 0) is 11.3 Å². The van der Waals surface area contributed by atoms with Crippen LogP contribution in [0, 0.1) is 12.7 Å². The number of fused-ring (bicyclic) bond motifs is 1. The van der Waals surface area contributed by atoms with Crippen molar-refractivity contribution in [3.05, 3.63) is 72.1 Å². The molecule has 1 atom stereocenters. The lowest BCUT2D eigenvalue weighted by atomic mass is 10.0. The van der Waals surface area contributed by atoms with E-state index in [2.05, 4.69) is 20.4 Å². The Bertz CT molecular complexity index is 1130. The molecule has 0 bridgehead atoms. The molecule has 2 N–H and O–H groups in total. The summed E-state index contributed by atoms with van der Waals surface area (Å²) in [4.78, 5) is 19.5. The fourth-order valence-corrected chi connectivity index (χ4v) is 3.29. The highest BCUT2D eigenvalue weighted by Gasteiger charge is 2.16. The molecule has 4 rings (SSSR count). The first-order valence-corrected chi connectivity index (χ1v) is 9.02. The molecule has 7 heteroatoms. The third kappa shape index (κ3) is 3.26. The molecule has 6 nitrogen and oxygen atoms in total. The predicted octanol–water partition coefficient (Wildman–Crippen LogP) is 3.75. The number of halogens is 1. The molecular weight excluding hydrogens is 357 g/mol. The van der Waals surface area contributed by atoms with E-state index < -0.39 is 6.04 Å². The molecule has 4 aromatic rings. The molecule has 0 fully saturated rings. The predicted molar refractivity (Wildman–Crippen MR) is 105 cm³/mol. The largest absolute Gasteiger partial charge is 0.354 e. The normalized spacial score (nSPS) is 12.2. The van der Waals surface area contributed by atoms with Crippen LogP contribution in [-0.4, -0.2) is 25.7 Å². The molecule has 0 aliphatic heterocycles. The van der Waals surface area contributed by atoms with E-state index in [1.807, 2.05) is 31.2 Å². The second kappa shape index (κ2) is 7.26. The molecule has 0 unspecified atom stereocenters. The number of carbonyl (C=O) groups is 1. The molecule has 2 aromatic heterocycles. The van der Waals surface area contributed by atoms with Gasteiger partial charge in [0.1, 0.15) is 24.5 Å². The molecule has 2 heterocycles. The van der Waals surface area contributed by atoms with Gasteiger partial charge in [0, 0.05) is 23.0 Å². The Hall–Kier alpha value is -3.48. The van der Waals surface area contributed by atoms with Gasteiger partial charge < -0.3 is 10.3 Å². The van der Waals surface area contributed by atoms with Crippen LogP contribution in [0.3, 0.4) is 0 Å². The van der Waals surface area contributed by atoms with Crippen LogP contribution in [0.25, 0.3) is 22.2 Å². The van der Waals surface area contributed by atoms with Crippen LogP contribution in [0.15, 0.2) is 55.1 Å². The van der Waals surface area contributed by atoms with E-state index in [1.165, 1.54) is 23.4 Å². The number of benzene rings is 2. The van der Waals surface area contributed by atoms with Crippen molar-refractivity contribution in [3.8, 4) is 11.3 Å². The van der Waals surface area contributed by atoms with Crippen molar-refractivity contribution in [3.63, 3.8) is 0 Å². The Kier molecular flexibility index (Phi) is 4.65. The smallest absolute Gasteiger partial charge is 0.244 e. The number of rotatable bonds is 5. The zero-order valence-corrected chi connectivity index (χ0v) is 15.6. The number of carbonyl (C=O) groups excluding carboxylic acids is 1. The molecule has 0 aliphatic rings. The minimum absolute atomic E-state index is 0.136. The van der Waals surface area contributed by atoms with Gasteiger partial charge in [0.2, 0.25) is 5.91 Å². The molecule has 28 heavy (non-hydrogen) atoms. The van der Waals surface area contributed by atoms with E-state index in [0.717, 1.165) is 27.7 Å². The van der Waals surface area contributed by atoms with Gasteiger partial charge in [0.15, 0.2) is 0 Å². The van der Waals surface area contributed by atoms with Gasteiger partial charge in [0.05, 0.1) is 5.69 Å². The molecular formula is C21H20FN5O. The van der Waals surface area contributed by atoms with Crippen LogP contribution in [0.5, 0.6) is 0 Å². The molecule has 142 valence electrons. The Labute approximate surface area is 161 Å². The highest BCUT2D eigenvalue weighted by atomic mass is 19.1. The number of aromatic nitrogens is 4. The molecule has 0 aliphatic carbocycles. The van der Waals surface area contributed by atoms with E-state index >= 15 is 0 Å². The Morgan fingerprint density at radius 1 is 1.29 bits per heavy atom. The molecule has 0 saturated carbocycles. The second-order valence-corrected chi connectivity index (χ2v) is 6.75. The summed E-state index contributed by atoms with van der Waals surface area (Å²) < 4.78 is 15.7. The number of hydrogen-bond donors (Lipinski definition) is 2. The second-order valence-electron chi connectivity index (χ2n) is 6.75. The van der Waals surface area contributed by atoms with Crippen molar-refractivity contribution in [1.29, 1.82) is 0 Å². The van der Waals surface area contributed by atoms with Crippen LogP contribution in [0.2, 0.25) is 0 Å². The maximum absolute atomic E-state index is 14.2. The Balaban J connectivity index is 1.56. The zero-order chi connectivity index (χ0) is 19.7. The number of aromatic amines is 1. The first-order valence-electron chi connectivity index (χ1n) is 9.02. The van der Waals surface area contributed by atoms with E-state index in [-0.39, 0.29) is 11.7 Å². The summed E-state index contributed by atoms with van der Waals surface area (Å²) in [5, 5.41) is 7.92. The molecule has 0 spiro atoms. The summed E-state index contributed by atoms with van der Waals surface area (Å²) in [5.41, 5.74) is 4.20. The molecule has 0 radical (unpaired) electrons. The van der Waals surface area contributed by atoms with Crippen molar-refractivity contribution in [2.75, 3.05) is 0 Å². The van der Waals surface area contributed by atoms with Gasteiger partial charge in [-0.1, -0.05) is 18.2 Å². The lowest BCUT2D eigenvalue weighted by Gasteiger charge is -2.12. The number of nitrogens with zero attached hydrogens (tertiary/aromatic N) is 3. The third-order valence-electron chi connectivity index (χ3n) is 4.95. The summed E-state index contributed by atoms with van der Waals surface area (Å²) in [5.74, 6) is -0.393.